The van der Waals surface area contributed by atoms with Gasteiger partial charge in [0.25, 0.3) is 5.91 Å². The lowest BCUT2D eigenvalue weighted by atomic mass is 10.1. The molecule has 10 heteroatoms. The molecular weight excluding hydrogens is 452 g/mol. The lowest BCUT2D eigenvalue weighted by Crippen LogP contribution is -2.28. The van der Waals surface area contributed by atoms with Gasteiger partial charge in [-0.3, -0.25) is 14.6 Å². The molecule has 3 heterocycles. The van der Waals surface area contributed by atoms with Gasteiger partial charge in [0.1, 0.15) is 10.7 Å². The molecular formula is C24H26N6O3S. The molecule has 3 aromatic heterocycles. The van der Waals surface area contributed by atoms with Gasteiger partial charge in [0.15, 0.2) is 0 Å². The Bertz CT molecular complexity index is 1270. The second-order valence-corrected chi connectivity index (χ2v) is 8.76. The molecule has 176 valence electrons. The van der Waals surface area contributed by atoms with Gasteiger partial charge >= 0.3 is 0 Å². The van der Waals surface area contributed by atoms with E-state index in [4.69, 9.17) is 10.5 Å². The van der Waals surface area contributed by atoms with E-state index in [2.05, 4.69) is 25.3 Å². The zero-order valence-corrected chi connectivity index (χ0v) is 19.6. The van der Waals surface area contributed by atoms with Crippen molar-refractivity contribution in [2.24, 2.45) is 5.73 Å². The van der Waals surface area contributed by atoms with Crippen LogP contribution >= 0.6 is 11.3 Å². The summed E-state index contributed by atoms with van der Waals surface area (Å²) in [5, 5.41) is 4.04. The van der Waals surface area contributed by atoms with Crippen LogP contribution in [0.3, 0.4) is 0 Å². The Labute approximate surface area is 200 Å². The molecule has 0 aliphatic heterocycles. The summed E-state index contributed by atoms with van der Waals surface area (Å²) in [5.41, 5.74) is 9.23. The van der Waals surface area contributed by atoms with Crippen molar-refractivity contribution in [1.82, 2.24) is 25.3 Å². The highest BCUT2D eigenvalue weighted by Crippen LogP contribution is 2.31. The van der Waals surface area contributed by atoms with E-state index in [0.29, 0.717) is 35.8 Å². The first-order valence-electron chi connectivity index (χ1n) is 11.0. The molecule has 4 N–H and O–H groups in total. The molecule has 1 aromatic carbocycles. The summed E-state index contributed by atoms with van der Waals surface area (Å²) in [4.78, 5) is 40.8. The number of nitrogens with zero attached hydrogens (tertiary/aromatic N) is 3. The number of carbonyl (C=O) groups excluding carboxylic acids is 2. The third kappa shape index (κ3) is 5.57. The molecule has 0 spiro atoms. The number of unbranched alkanes of at least 4 members (excludes halogenated alkanes) is 2. The number of fused-ring (bicyclic) bond motifs is 1. The Morgan fingerprint density at radius 3 is 2.82 bits per heavy atom. The fourth-order valence-corrected chi connectivity index (χ4v) is 4.28. The average Bonchev–Trinajstić information content (AvgIpc) is 3.55. The Kier molecular flexibility index (Phi) is 7.48. The molecule has 9 nitrogen and oxygen atoms in total. The summed E-state index contributed by atoms with van der Waals surface area (Å²) < 4.78 is 5.53. The molecule has 0 aliphatic rings. The standard InChI is InChI=1S/C24H26N6O3S/c1-33-24-16(11-15-7-5-6-8-17(15)30-24)19-12-27-22(28-19)18(9-3-2-4-10-21(25)31)29-23(32)20-13-26-14-34-20/h5-8,11-14,18H,2-4,9-10H2,1H3,(H2,25,31)(H,27,28)(H,29,32)/t18-/m0/s1. The van der Waals surface area contributed by atoms with Crippen LogP contribution in [0.15, 0.2) is 48.2 Å². The number of para-hydroxylation sites is 1. The number of ether oxygens (including phenoxy) is 1. The Morgan fingerprint density at radius 2 is 2.06 bits per heavy atom. The first kappa shape index (κ1) is 23.4. The van der Waals surface area contributed by atoms with Gasteiger partial charge in [0, 0.05) is 11.8 Å². The van der Waals surface area contributed by atoms with Crippen LogP contribution in [0.1, 0.15) is 53.6 Å². The first-order valence-corrected chi connectivity index (χ1v) is 11.9. The SMILES string of the molecule is COc1nc2ccccc2cc1-c1cnc([C@H](CCCCCC(N)=O)NC(=O)c2cncs2)[nH]1. The maximum Gasteiger partial charge on any atom is 0.263 e. The van der Waals surface area contributed by atoms with Crippen molar-refractivity contribution in [3.8, 4) is 17.1 Å². The number of pyridine rings is 1. The van der Waals surface area contributed by atoms with E-state index in [1.54, 1.807) is 25.0 Å². The van der Waals surface area contributed by atoms with Crippen LogP contribution in [-0.2, 0) is 4.79 Å². The number of imidazole rings is 1. The summed E-state index contributed by atoms with van der Waals surface area (Å²) in [6.45, 7) is 0. The Morgan fingerprint density at radius 1 is 1.21 bits per heavy atom. The van der Waals surface area contributed by atoms with Crippen LogP contribution in [0.4, 0.5) is 0 Å². The quantitative estimate of drug-likeness (QED) is 0.279. The van der Waals surface area contributed by atoms with Crippen molar-refractivity contribution in [2.75, 3.05) is 7.11 Å². The minimum atomic E-state index is -0.337. The maximum absolute atomic E-state index is 12.7. The van der Waals surface area contributed by atoms with Gasteiger partial charge in [-0.05, 0) is 25.0 Å². The third-order valence-corrected chi connectivity index (χ3v) is 6.25. The normalized spacial score (nSPS) is 11.9. The number of H-pyrrole nitrogens is 1. The monoisotopic (exact) mass is 478 g/mol. The van der Waals surface area contributed by atoms with Gasteiger partial charge in [-0.1, -0.05) is 31.0 Å². The summed E-state index contributed by atoms with van der Waals surface area (Å²) in [7, 11) is 1.59. The van der Waals surface area contributed by atoms with Gasteiger partial charge in [0.2, 0.25) is 11.8 Å². The predicted octanol–water partition coefficient (Wildman–Crippen LogP) is 4.00. The molecule has 0 saturated carbocycles. The van der Waals surface area contributed by atoms with E-state index >= 15 is 0 Å². The number of hydrogen-bond acceptors (Lipinski definition) is 7. The van der Waals surface area contributed by atoms with Crippen LogP contribution in [-0.4, -0.2) is 38.9 Å². The third-order valence-electron chi connectivity index (χ3n) is 5.48. The number of carbonyl (C=O) groups is 2. The van der Waals surface area contributed by atoms with Crippen LogP contribution in [0.25, 0.3) is 22.2 Å². The fraction of sp³-hybridized carbons (Fsp3) is 0.292. The summed E-state index contributed by atoms with van der Waals surface area (Å²) in [6, 6.07) is 9.49. The second kappa shape index (κ2) is 10.9. The Balaban J connectivity index is 1.57. The van der Waals surface area contributed by atoms with E-state index in [-0.39, 0.29) is 17.9 Å². The van der Waals surface area contributed by atoms with Crippen LogP contribution in [0.5, 0.6) is 5.88 Å². The number of aromatic nitrogens is 4. The molecule has 2 amide bonds. The van der Waals surface area contributed by atoms with Gasteiger partial charge in [-0.25, -0.2) is 9.97 Å². The van der Waals surface area contributed by atoms with Crippen molar-refractivity contribution < 1.29 is 14.3 Å². The number of nitrogens with one attached hydrogen (secondary N) is 2. The van der Waals surface area contributed by atoms with E-state index in [1.807, 2.05) is 30.3 Å². The smallest absolute Gasteiger partial charge is 0.263 e. The first-order chi connectivity index (χ1) is 16.5. The number of amides is 2. The average molecular weight is 479 g/mol. The number of hydrogen-bond donors (Lipinski definition) is 3. The lowest BCUT2D eigenvalue weighted by Gasteiger charge is -2.16. The minimum absolute atomic E-state index is 0.201. The number of benzene rings is 1. The fourth-order valence-electron chi connectivity index (χ4n) is 3.76. The molecule has 4 rings (SSSR count). The van der Waals surface area contributed by atoms with Gasteiger partial charge < -0.3 is 20.8 Å². The maximum atomic E-state index is 12.7. The number of rotatable bonds is 11. The molecule has 34 heavy (non-hydrogen) atoms. The molecule has 0 unspecified atom stereocenters. The number of aromatic amines is 1. The zero-order chi connectivity index (χ0) is 23.9. The number of primary amides is 1. The van der Waals surface area contributed by atoms with E-state index in [1.165, 1.54) is 11.3 Å². The molecule has 0 aliphatic carbocycles. The van der Waals surface area contributed by atoms with Crippen LogP contribution < -0.4 is 15.8 Å². The zero-order valence-electron chi connectivity index (χ0n) is 18.8. The second-order valence-electron chi connectivity index (χ2n) is 7.88. The highest BCUT2D eigenvalue weighted by Gasteiger charge is 2.21. The van der Waals surface area contributed by atoms with E-state index < -0.39 is 0 Å². The van der Waals surface area contributed by atoms with Crippen molar-refractivity contribution in [1.29, 1.82) is 0 Å². The summed E-state index contributed by atoms with van der Waals surface area (Å²) in [6.07, 6.45) is 6.63. The van der Waals surface area contributed by atoms with Crippen molar-refractivity contribution >= 4 is 34.1 Å². The lowest BCUT2D eigenvalue weighted by molar-refractivity contribution is -0.118. The molecule has 1 atom stereocenters. The van der Waals surface area contributed by atoms with Crippen molar-refractivity contribution in [3.63, 3.8) is 0 Å². The summed E-state index contributed by atoms with van der Waals surface area (Å²) in [5.74, 6) is 0.625. The molecule has 0 saturated heterocycles. The minimum Gasteiger partial charge on any atom is -0.480 e. The number of methoxy groups -OCH3 is 1. The van der Waals surface area contributed by atoms with Crippen molar-refractivity contribution in [3.05, 3.63) is 58.9 Å². The molecule has 0 fully saturated rings. The number of thiazole rings is 1. The van der Waals surface area contributed by atoms with E-state index in [9.17, 15) is 9.59 Å². The molecule has 0 bridgehead atoms. The van der Waals surface area contributed by atoms with E-state index in [0.717, 1.165) is 35.0 Å². The highest BCUT2D eigenvalue weighted by molar-refractivity contribution is 7.11. The van der Waals surface area contributed by atoms with Gasteiger partial charge in [-0.2, -0.15) is 0 Å². The van der Waals surface area contributed by atoms with Crippen LogP contribution in [0.2, 0.25) is 0 Å². The molecule has 0 radical (unpaired) electrons. The number of nitrogens with two attached hydrogens (primary N) is 1. The summed E-state index contributed by atoms with van der Waals surface area (Å²) >= 11 is 1.28. The van der Waals surface area contributed by atoms with Gasteiger partial charge in [0.05, 0.1) is 47.8 Å². The van der Waals surface area contributed by atoms with Gasteiger partial charge in [-0.15, -0.1) is 11.3 Å². The Hall–Kier alpha value is -3.79. The molecule has 4 aromatic rings. The van der Waals surface area contributed by atoms with Crippen molar-refractivity contribution in [2.45, 2.75) is 38.1 Å². The topological polar surface area (TPSA) is 136 Å². The predicted molar refractivity (Wildman–Crippen MR) is 130 cm³/mol. The highest BCUT2D eigenvalue weighted by atomic mass is 32.1. The largest absolute Gasteiger partial charge is 0.480 e. The van der Waals surface area contributed by atoms with Crippen LogP contribution in [0, 0.1) is 0 Å².